The standard InChI is InChI=1S/C19H28O5/c1-11-8-17-16(12(2)10-23-14(4)20)7-6-13(3)19(17,22)9-18(11)24-15(5)21/h8,12-13,16-18,22H,6-7,10H2,1-5H3/t12-,13-,16-,17-,18-,19-/m1/s1. The molecule has 2 aliphatic rings. The Balaban J connectivity index is 2.24. The summed E-state index contributed by atoms with van der Waals surface area (Å²) in [5.74, 6) is -0.434. The van der Waals surface area contributed by atoms with E-state index in [1.807, 2.05) is 26.8 Å². The molecular weight excluding hydrogens is 308 g/mol. The van der Waals surface area contributed by atoms with Crippen molar-refractivity contribution in [1.82, 2.24) is 0 Å². The van der Waals surface area contributed by atoms with E-state index < -0.39 is 11.7 Å². The Hall–Kier alpha value is -1.36. The van der Waals surface area contributed by atoms with Crippen LogP contribution in [0.2, 0.25) is 0 Å². The summed E-state index contributed by atoms with van der Waals surface area (Å²) in [4.78, 5) is 22.4. The van der Waals surface area contributed by atoms with E-state index in [9.17, 15) is 14.7 Å². The number of ether oxygens (including phenoxy) is 2. The average molecular weight is 336 g/mol. The first kappa shape index (κ1) is 19.0. The van der Waals surface area contributed by atoms with E-state index in [-0.39, 0.29) is 35.6 Å². The van der Waals surface area contributed by atoms with Crippen molar-refractivity contribution >= 4 is 11.9 Å². The van der Waals surface area contributed by atoms with Crippen LogP contribution >= 0.6 is 0 Å². The normalized spacial score (nSPS) is 37.0. The Bertz CT molecular complexity index is 526. The minimum Gasteiger partial charge on any atom is -0.466 e. The lowest BCUT2D eigenvalue weighted by Crippen LogP contribution is -2.56. The third-order valence-electron chi connectivity index (χ3n) is 5.44. The number of hydrogen-bond donors (Lipinski definition) is 1. The molecule has 0 saturated heterocycles. The molecule has 1 fully saturated rings. The van der Waals surface area contributed by atoms with Gasteiger partial charge in [-0.3, -0.25) is 9.59 Å². The van der Waals surface area contributed by atoms with Gasteiger partial charge in [0.15, 0.2) is 0 Å². The van der Waals surface area contributed by atoms with E-state index in [2.05, 4.69) is 6.42 Å². The van der Waals surface area contributed by atoms with Gasteiger partial charge in [-0.2, -0.15) is 0 Å². The smallest absolute Gasteiger partial charge is 0.303 e. The molecule has 5 heteroatoms. The number of esters is 2. The summed E-state index contributed by atoms with van der Waals surface area (Å²) in [6.45, 7) is 9.06. The Labute approximate surface area is 144 Å². The fraction of sp³-hybridized carbons (Fsp3) is 0.737. The van der Waals surface area contributed by atoms with E-state index in [4.69, 9.17) is 9.47 Å². The molecular formula is C19H28O5. The number of fused-ring (bicyclic) bond motifs is 1. The molecule has 0 unspecified atom stereocenters. The van der Waals surface area contributed by atoms with Crippen LogP contribution in [0.5, 0.6) is 0 Å². The summed E-state index contributed by atoms with van der Waals surface area (Å²) < 4.78 is 10.5. The van der Waals surface area contributed by atoms with Crippen molar-refractivity contribution < 1.29 is 24.2 Å². The molecule has 0 spiro atoms. The molecule has 134 valence electrons. The average Bonchev–Trinajstić information content (AvgIpc) is 2.48. The summed E-state index contributed by atoms with van der Waals surface area (Å²) in [5, 5.41) is 11.3. The van der Waals surface area contributed by atoms with Gasteiger partial charge in [0.25, 0.3) is 0 Å². The van der Waals surface area contributed by atoms with Crippen molar-refractivity contribution in [3.63, 3.8) is 0 Å². The zero-order valence-electron chi connectivity index (χ0n) is 15.2. The predicted molar refractivity (Wildman–Crippen MR) is 88.7 cm³/mol. The first-order valence-corrected chi connectivity index (χ1v) is 8.64. The number of rotatable bonds is 4. The van der Waals surface area contributed by atoms with E-state index in [1.54, 1.807) is 0 Å². The summed E-state index contributed by atoms with van der Waals surface area (Å²) in [5.41, 5.74) is -0.244. The maximum atomic E-state index is 11.3. The molecule has 0 heterocycles. The third kappa shape index (κ3) is 3.82. The number of aliphatic hydroxyl groups is 1. The van der Waals surface area contributed by atoms with Crippen LogP contribution in [-0.2, 0) is 19.1 Å². The van der Waals surface area contributed by atoms with Crippen molar-refractivity contribution in [2.24, 2.45) is 23.7 Å². The maximum Gasteiger partial charge on any atom is 0.303 e. The predicted octanol–water partition coefficient (Wildman–Crippen LogP) is 2.55. The molecule has 24 heavy (non-hydrogen) atoms. The molecule has 0 aliphatic heterocycles. The van der Waals surface area contributed by atoms with Gasteiger partial charge >= 0.3 is 11.9 Å². The second-order valence-corrected chi connectivity index (χ2v) is 7.32. The van der Waals surface area contributed by atoms with Gasteiger partial charge in [0.1, 0.15) is 6.10 Å². The van der Waals surface area contributed by atoms with Crippen molar-refractivity contribution in [3.05, 3.63) is 18.1 Å². The maximum absolute atomic E-state index is 11.3. The lowest BCUT2D eigenvalue weighted by Gasteiger charge is -2.52. The zero-order chi connectivity index (χ0) is 18.1. The number of carbonyl (C=O) groups excluding carboxylic acids is 2. The second kappa shape index (κ2) is 7.26. The summed E-state index contributed by atoms with van der Waals surface area (Å²) in [6, 6.07) is 0. The molecule has 0 amide bonds. The lowest BCUT2D eigenvalue weighted by molar-refractivity contribution is -0.149. The molecule has 2 aliphatic carbocycles. The Kier molecular flexibility index (Phi) is 5.74. The van der Waals surface area contributed by atoms with Crippen LogP contribution in [0.3, 0.4) is 0 Å². The minimum absolute atomic E-state index is 0.0297. The monoisotopic (exact) mass is 336 g/mol. The topological polar surface area (TPSA) is 72.8 Å². The lowest BCUT2D eigenvalue weighted by atomic mass is 9.57. The fourth-order valence-electron chi connectivity index (χ4n) is 3.98. The molecule has 0 aromatic heterocycles. The molecule has 0 aromatic rings. The van der Waals surface area contributed by atoms with Crippen LogP contribution in [0.15, 0.2) is 11.6 Å². The largest absolute Gasteiger partial charge is 0.466 e. The van der Waals surface area contributed by atoms with Crippen LogP contribution < -0.4 is 0 Å². The molecule has 0 aromatic carbocycles. The molecule has 5 nitrogen and oxygen atoms in total. The summed E-state index contributed by atoms with van der Waals surface area (Å²) >= 11 is 0. The van der Waals surface area contributed by atoms with Gasteiger partial charge in [-0.25, -0.2) is 0 Å². The molecule has 6 atom stereocenters. The van der Waals surface area contributed by atoms with Gasteiger partial charge in [-0.1, -0.05) is 19.9 Å². The van der Waals surface area contributed by atoms with Crippen LogP contribution in [-0.4, -0.2) is 35.4 Å². The van der Waals surface area contributed by atoms with Crippen LogP contribution in [0.25, 0.3) is 0 Å². The highest BCUT2D eigenvalue weighted by atomic mass is 16.5. The highest BCUT2D eigenvalue weighted by Crippen LogP contribution is 2.50. The minimum atomic E-state index is -1.13. The van der Waals surface area contributed by atoms with Crippen LogP contribution in [0.4, 0.5) is 0 Å². The van der Waals surface area contributed by atoms with Gasteiger partial charge < -0.3 is 14.6 Å². The Morgan fingerprint density at radius 1 is 1.38 bits per heavy atom. The first-order valence-electron chi connectivity index (χ1n) is 8.64. The number of carbonyl (C=O) groups is 2. The molecule has 2 rings (SSSR count). The number of hydrogen-bond acceptors (Lipinski definition) is 5. The van der Waals surface area contributed by atoms with Crippen LogP contribution in [0.1, 0.15) is 47.5 Å². The summed E-state index contributed by atoms with van der Waals surface area (Å²) in [6.07, 6.45) is 6.38. The van der Waals surface area contributed by atoms with E-state index >= 15 is 0 Å². The highest BCUT2D eigenvalue weighted by Gasteiger charge is 2.53. The zero-order valence-corrected chi connectivity index (χ0v) is 15.2. The van der Waals surface area contributed by atoms with Crippen molar-refractivity contribution in [1.29, 1.82) is 0 Å². The Morgan fingerprint density at radius 2 is 2.04 bits per heavy atom. The quantitative estimate of drug-likeness (QED) is 0.631. The van der Waals surface area contributed by atoms with E-state index in [1.165, 1.54) is 13.8 Å². The molecule has 2 radical (unpaired) electrons. The van der Waals surface area contributed by atoms with Gasteiger partial charge in [-0.15, -0.1) is 0 Å². The Morgan fingerprint density at radius 3 is 2.62 bits per heavy atom. The molecule has 0 bridgehead atoms. The third-order valence-corrected chi connectivity index (χ3v) is 5.44. The van der Waals surface area contributed by atoms with Crippen molar-refractivity contribution in [2.75, 3.05) is 6.61 Å². The van der Waals surface area contributed by atoms with Crippen molar-refractivity contribution in [3.8, 4) is 0 Å². The first-order chi connectivity index (χ1) is 11.1. The van der Waals surface area contributed by atoms with Gasteiger partial charge in [-0.05, 0) is 43.1 Å². The summed E-state index contributed by atoms with van der Waals surface area (Å²) in [7, 11) is 0. The van der Waals surface area contributed by atoms with Crippen molar-refractivity contribution in [2.45, 2.75) is 59.2 Å². The highest BCUT2D eigenvalue weighted by molar-refractivity contribution is 5.67. The van der Waals surface area contributed by atoms with Gasteiger partial charge in [0.05, 0.1) is 18.6 Å². The van der Waals surface area contributed by atoms with Gasteiger partial charge in [0, 0.05) is 19.8 Å². The SMILES string of the molecule is CC(=O)OC[C@@H](C)[C@H]1CC[C@@H](C)[C@]2(O)[C][C@@H](OC(C)=O)C(C)=C[C@H]12. The van der Waals surface area contributed by atoms with E-state index in [0.29, 0.717) is 6.61 Å². The van der Waals surface area contributed by atoms with E-state index in [0.717, 1.165) is 18.4 Å². The van der Waals surface area contributed by atoms with Crippen LogP contribution in [0, 0.1) is 30.1 Å². The fourth-order valence-corrected chi connectivity index (χ4v) is 3.98. The van der Waals surface area contributed by atoms with Gasteiger partial charge in [0.2, 0.25) is 0 Å². The molecule has 1 N–H and O–H groups in total. The second-order valence-electron chi connectivity index (χ2n) is 7.32. The molecule has 1 saturated carbocycles.